The molecule has 0 aromatic heterocycles. The third-order valence-corrected chi connectivity index (χ3v) is 3.05. The minimum Gasteiger partial charge on any atom is -0.382 e. The van der Waals surface area contributed by atoms with E-state index in [9.17, 15) is 10.1 Å². The zero-order valence-corrected chi connectivity index (χ0v) is 11.9. The van der Waals surface area contributed by atoms with Crippen LogP contribution in [0.4, 0.5) is 11.4 Å². The van der Waals surface area contributed by atoms with Crippen molar-refractivity contribution in [3.05, 3.63) is 31.9 Å². The van der Waals surface area contributed by atoms with Gasteiger partial charge < -0.3 is 10.1 Å². The molecule has 0 saturated carbocycles. The maximum absolute atomic E-state index is 10.6. The maximum atomic E-state index is 10.6. The van der Waals surface area contributed by atoms with Gasteiger partial charge in [-0.25, -0.2) is 0 Å². The molecule has 0 radical (unpaired) electrons. The van der Waals surface area contributed by atoms with Crippen LogP contribution in [0.2, 0.25) is 0 Å². The fourth-order valence-corrected chi connectivity index (χ4v) is 2.08. The van der Waals surface area contributed by atoms with E-state index in [-0.39, 0.29) is 16.7 Å². The van der Waals surface area contributed by atoms with Gasteiger partial charge in [0.15, 0.2) is 0 Å². The SMILES string of the molecule is CCOC(C)CNc1ccc([N+](=O)[O-])c(I)c1. The molecule has 1 aromatic rings. The Morgan fingerprint density at radius 3 is 2.82 bits per heavy atom. The molecule has 1 unspecified atom stereocenters. The van der Waals surface area contributed by atoms with Crippen LogP contribution in [0.3, 0.4) is 0 Å². The molecule has 0 amide bonds. The molecule has 0 bridgehead atoms. The summed E-state index contributed by atoms with van der Waals surface area (Å²) in [5.74, 6) is 0. The van der Waals surface area contributed by atoms with Gasteiger partial charge in [-0.05, 0) is 48.6 Å². The number of halogens is 1. The van der Waals surface area contributed by atoms with E-state index < -0.39 is 0 Å². The van der Waals surface area contributed by atoms with Crippen molar-refractivity contribution in [2.75, 3.05) is 18.5 Å². The highest BCUT2D eigenvalue weighted by Gasteiger charge is 2.11. The van der Waals surface area contributed by atoms with Gasteiger partial charge >= 0.3 is 0 Å². The van der Waals surface area contributed by atoms with Gasteiger partial charge in [-0.2, -0.15) is 0 Å². The number of nitro groups is 1. The normalized spacial score (nSPS) is 12.2. The molecule has 6 heteroatoms. The van der Waals surface area contributed by atoms with Crippen molar-refractivity contribution in [2.24, 2.45) is 0 Å². The summed E-state index contributed by atoms with van der Waals surface area (Å²) in [7, 11) is 0. The Hall–Kier alpha value is -0.890. The van der Waals surface area contributed by atoms with E-state index in [2.05, 4.69) is 5.32 Å². The van der Waals surface area contributed by atoms with Crippen molar-refractivity contribution in [3.63, 3.8) is 0 Å². The molecule has 0 spiro atoms. The number of benzene rings is 1. The van der Waals surface area contributed by atoms with E-state index in [1.165, 1.54) is 6.07 Å². The maximum Gasteiger partial charge on any atom is 0.282 e. The van der Waals surface area contributed by atoms with Crippen LogP contribution in [0, 0.1) is 13.7 Å². The number of nitro benzene ring substituents is 1. The minimum atomic E-state index is -0.381. The number of hydrogen-bond acceptors (Lipinski definition) is 4. The van der Waals surface area contributed by atoms with Crippen LogP contribution >= 0.6 is 22.6 Å². The molecule has 0 saturated heterocycles. The molecule has 0 aliphatic rings. The summed E-state index contributed by atoms with van der Waals surface area (Å²) in [4.78, 5) is 10.3. The van der Waals surface area contributed by atoms with Crippen molar-refractivity contribution < 1.29 is 9.66 Å². The molecular weight excluding hydrogens is 335 g/mol. The summed E-state index contributed by atoms with van der Waals surface area (Å²) in [6, 6.07) is 4.98. The molecule has 0 aliphatic heterocycles. The Labute approximate surface area is 114 Å². The second-order valence-electron chi connectivity index (χ2n) is 3.57. The number of rotatable bonds is 6. The smallest absolute Gasteiger partial charge is 0.282 e. The number of nitrogens with one attached hydrogen (secondary N) is 1. The first-order chi connectivity index (χ1) is 8.04. The highest BCUT2D eigenvalue weighted by atomic mass is 127. The molecule has 1 N–H and O–H groups in total. The van der Waals surface area contributed by atoms with Gasteiger partial charge in [0.05, 0.1) is 14.6 Å². The fraction of sp³-hybridized carbons (Fsp3) is 0.455. The molecule has 0 heterocycles. The molecule has 1 aromatic carbocycles. The second kappa shape index (κ2) is 6.75. The van der Waals surface area contributed by atoms with Crippen LogP contribution in [-0.2, 0) is 4.74 Å². The van der Waals surface area contributed by atoms with Gasteiger partial charge in [-0.3, -0.25) is 10.1 Å². The Balaban J connectivity index is 2.62. The lowest BCUT2D eigenvalue weighted by Gasteiger charge is -2.13. The molecule has 94 valence electrons. The average molecular weight is 350 g/mol. The lowest BCUT2D eigenvalue weighted by Crippen LogP contribution is -2.19. The number of anilines is 1. The highest BCUT2D eigenvalue weighted by Crippen LogP contribution is 2.24. The Morgan fingerprint density at radius 2 is 2.29 bits per heavy atom. The van der Waals surface area contributed by atoms with Crippen LogP contribution in [0.25, 0.3) is 0 Å². The van der Waals surface area contributed by atoms with E-state index >= 15 is 0 Å². The zero-order valence-electron chi connectivity index (χ0n) is 9.77. The number of nitrogens with zero attached hydrogens (tertiary/aromatic N) is 1. The number of hydrogen-bond donors (Lipinski definition) is 1. The van der Waals surface area contributed by atoms with Crippen molar-refractivity contribution in [1.29, 1.82) is 0 Å². The Bertz CT molecular complexity index is 398. The molecule has 1 rings (SSSR count). The van der Waals surface area contributed by atoms with E-state index in [0.29, 0.717) is 16.7 Å². The van der Waals surface area contributed by atoms with Gasteiger partial charge in [-0.1, -0.05) is 0 Å². The Morgan fingerprint density at radius 1 is 1.59 bits per heavy atom. The van der Waals surface area contributed by atoms with Gasteiger partial charge in [-0.15, -0.1) is 0 Å². The summed E-state index contributed by atoms with van der Waals surface area (Å²) in [6.07, 6.45) is 0.118. The van der Waals surface area contributed by atoms with E-state index in [4.69, 9.17) is 4.74 Å². The van der Waals surface area contributed by atoms with Crippen LogP contribution in [-0.4, -0.2) is 24.2 Å². The van der Waals surface area contributed by atoms with E-state index in [1.807, 2.05) is 36.4 Å². The van der Waals surface area contributed by atoms with Gasteiger partial charge in [0.1, 0.15) is 0 Å². The van der Waals surface area contributed by atoms with Crippen molar-refractivity contribution >= 4 is 34.0 Å². The van der Waals surface area contributed by atoms with Crippen molar-refractivity contribution in [1.82, 2.24) is 0 Å². The third-order valence-electron chi connectivity index (χ3n) is 2.19. The predicted molar refractivity (Wildman–Crippen MR) is 75.4 cm³/mol. The van der Waals surface area contributed by atoms with Crippen molar-refractivity contribution in [2.45, 2.75) is 20.0 Å². The molecule has 5 nitrogen and oxygen atoms in total. The Kier molecular flexibility index (Phi) is 5.63. The first kappa shape index (κ1) is 14.2. The molecular formula is C11H15IN2O3. The summed E-state index contributed by atoms with van der Waals surface area (Å²) in [5, 5.41) is 13.8. The lowest BCUT2D eigenvalue weighted by atomic mass is 10.2. The lowest BCUT2D eigenvalue weighted by molar-refractivity contribution is -0.385. The average Bonchev–Trinajstić information content (AvgIpc) is 2.26. The zero-order chi connectivity index (χ0) is 12.8. The topological polar surface area (TPSA) is 64.4 Å². The van der Waals surface area contributed by atoms with Crippen LogP contribution in [0.15, 0.2) is 18.2 Å². The van der Waals surface area contributed by atoms with Gasteiger partial charge in [0, 0.05) is 24.9 Å². The molecule has 0 aliphatic carbocycles. The van der Waals surface area contributed by atoms with E-state index in [1.54, 1.807) is 12.1 Å². The summed E-state index contributed by atoms with van der Waals surface area (Å²) >= 11 is 1.96. The third kappa shape index (κ3) is 4.47. The van der Waals surface area contributed by atoms with Gasteiger partial charge in [0.2, 0.25) is 0 Å². The monoisotopic (exact) mass is 350 g/mol. The first-order valence-electron chi connectivity index (χ1n) is 5.34. The molecule has 0 fully saturated rings. The molecule has 17 heavy (non-hydrogen) atoms. The standard InChI is InChI=1S/C11H15IN2O3/c1-3-17-8(2)7-13-9-4-5-11(14(15)16)10(12)6-9/h4-6,8,13H,3,7H2,1-2H3. The van der Waals surface area contributed by atoms with Crippen LogP contribution in [0.1, 0.15) is 13.8 Å². The van der Waals surface area contributed by atoms with Crippen LogP contribution in [0.5, 0.6) is 0 Å². The van der Waals surface area contributed by atoms with E-state index in [0.717, 1.165) is 5.69 Å². The summed E-state index contributed by atoms with van der Waals surface area (Å²) in [6.45, 7) is 5.29. The van der Waals surface area contributed by atoms with Gasteiger partial charge in [0.25, 0.3) is 5.69 Å². The first-order valence-corrected chi connectivity index (χ1v) is 6.42. The minimum absolute atomic E-state index is 0.118. The van der Waals surface area contributed by atoms with Crippen molar-refractivity contribution in [3.8, 4) is 0 Å². The largest absolute Gasteiger partial charge is 0.382 e. The predicted octanol–water partition coefficient (Wildman–Crippen LogP) is 3.04. The van der Waals surface area contributed by atoms with Crippen LogP contribution < -0.4 is 5.32 Å². The molecule has 1 atom stereocenters. The second-order valence-corrected chi connectivity index (χ2v) is 4.73. The highest BCUT2D eigenvalue weighted by molar-refractivity contribution is 14.1. The summed E-state index contributed by atoms with van der Waals surface area (Å²) < 4.78 is 6.01. The quantitative estimate of drug-likeness (QED) is 0.487. The fourth-order valence-electron chi connectivity index (χ4n) is 1.37. The summed E-state index contributed by atoms with van der Waals surface area (Å²) in [5.41, 5.74) is 1.00. The number of ether oxygens (including phenoxy) is 1.